The number of hydrogen-bond acceptors (Lipinski definition) is 0. The molecule has 1 unspecified atom stereocenters. The highest BCUT2D eigenvalue weighted by atomic mass is 19.3. The fraction of sp³-hybridized carbons (Fsp3) is 0.500. The van der Waals surface area contributed by atoms with Gasteiger partial charge in [-0.2, -0.15) is 8.78 Å². The van der Waals surface area contributed by atoms with Crippen LogP contribution >= 0.6 is 0 Å². The zero-order valence-electron chi connectivity index (χ0n) is 3.87. The molecule has 0 aliphatic heterocycles. The van der Waals surface area contributed by atoms with Gasteiger partial charge in [-0.15, -0.1) is 0 Å². The van der Waals surface area contributed by atoms with Crippen molar-refractivity contribution in [2.75, 3.05) is 6.67 Å². The van der Waals surface area contributed by atoms with Crippen molar-refractivity contribution in [2.24, 2.45) is 0 Å². The molecule has 0 aromatic carbocycles. The Balaban J connectivity index is 3.51. The van der Waals surface area contributed by atoms with E-state index in [2.05, 4.69) is 0 Å². The van der Waals surface area contributed by atoms with Gasteiger partial charge in [0.1, 0.15) is 6.67 Å². The van der Waals surface area contributed by atoms with Crippen LogP contribution in [0, 0.1) is 0 Å². The summed E-state index contributed by atoms with van der Waals surface area (Å²) in [6.07, 6.45) is -4.41. The van der Waals surface area contributed by atoms with E-state index in [0.717, 1.165) is 0 Å². The van der Waals surface area contributed by atoms with Crippen LogP contribution in [-0.2, 0) is 0 Å². The third-order valence-corrected chi connectivity index (χ3v) is 0.454. The monoisotopic (exact) mass is 128 g/mol. The van der Waals surface area contributed by atoms with Crippen LogP contribution in [0.1, 0.15) is 0 Å². The number of hydrogen-bond donors (Lipinski definition) is 0. The highest BCUT2D eigenvalue weighted by molar-refractivity contribution is 4.87. The average Bonchev–Trinajstić information content (AvgIpc) is 1.65. The van der Waals surface area contributed by atoms with E-state index < -0.39 is 18.9 Å². The van der Waals surface area contributed by atoms with E-state index in [1.54, 1.807) is 0 Å². The molecule has 4 heteroatoms. The second-order valence-corrected chi connectivity index (χ2v) is 1.13. The van der Waals surface area contributed by atoms with Gasteiger partial charge in [0.05, 0.1) is 0 Å². The van der Waals surface area contributed by atoms with Crippen molar-refractivity contribution in [2.45, 2.75) is 6.17 Å². The predicted octanol–water partition coefficient (Wildman–Crippen LogP) is 2.07. The van der Waals surface area contributed by atoms with Gasteiger partial charge in [0.2, 0.25) is 0 Å². The van der Waals surface area contributed by atoms with Crippen molar-refractivity contribution in [3.05, 3.63) is 12.2 Å². The van der Waals surface area contributed by atoms with Crippen molar-refractivity contribution in [3.63, 3.8) is 0 Å². The molecule has 0 rings (SSSR count). The zero-order valence-corrected chi connectivity index (χ0v) is 3.87. The van der Waals surface area contributed by atoms with Crippen LogP contribution in [0.3, 0.4) is 0 Å². The summed E-state index contributed by atoms with van der Waals surface area (Å²) in [6, 6.07) is 0. The molecule has 0 nitrogen and oxygen atoms in total. The molecule has 0 aliphatic carbocycles. The Labute approximate surface area is 43.8 Å². The Morgan fingerprint density at radius 2 is 2.00 bits per heavy atom. The van der Waals surface area contributed by atoms with Gasteiger partial charge in [0.15, 0.2) is 6.17 Å². The summed E-state index contributed by atoms with van der Waals surface area (Å²) in [6.45, 7) is -1.39. The van der Waals surface area contributed by atoms with Crippen LogP contribution in [-0.4, -0.2) is 12.8 Å². The smallest absolute Gasteiger partial charge is 0.248 e. The molecule has 8 heavy (non-hydrogen) atoms. The maximum absolute atomic E-state index is 11.5. The molecule has 0 saturated heterocycles. The van der Waals surface area contributed by atoms with Gasteiger partial charge in [-0.3, -0.25) is 0 Å². The van der Waals surface area contributed by atoms with Gasteiger partial charge in [-0.1, -0.05) is 0 Å². The fourth-order valence-corrected chi connectivity index (χ4v) is 0.181. The van der Waals surface area contributed by atoms with Crippen molar-refractivity contribution < 1.29 is 17.6 Å². The third kappa shape index (κ3) is 3.64. The van der Waals surface area contributed by atoms with Crippen LogP contribution < -0.4 is 0 Å². The summed E-state index contributed by atoms with van der Waals surface area (Å²) >= 11 is 0. The minimum atomic E-state index is -2.19. The van der Waals surface area contributed by atoms with Crippen molar-refractivity contribution in [1.82, 2.24) is 0 Å². The first-order chi connectivity index (χ1) is 3.66. The zero-order chi connectivity index (χ0) is 6.57. The topological polar surface area (TPSA) is 0 Å². The second kappa shape index (κ2) is 3.46. The lowest BCUT2D eigenvalue weighted by molar-refractivity contribution is 0.296. The summed E-state index contributed by atoms with van der Waals surface area (Å²) < 4.78 is 44.3. The molecule has 48 valence electrons. The van der Waals surface area contributed by atoms with Crippen LogP contribution in [0.15, 0.2) is 12.2 Å². The van der Waals surface area contributed by atoms with Crippen LogP contribution in [0.2, 0.25) is 0 Å². The predicted molar refractivity (Wildman–Crippen MR) is 21.2 cm³/mol. The standard InChI is InChI=1S/C4H4F4/c5-2-3(6)1-4(7)8/h1,3H,2H2. The summed E-state index contributed by atoms with van der Waals surface area (Å²) in [5.74, 6) is 0. The maximum atomic E-state index is 11.5. The van der Waals surface area contributed by atoms with Gasteiger partial charge in [-0.25, -0.2) is 8.78 Å². The summed E-state index contributed by atoms with van der Waals surface area (Å²) in [5.41, 5.74) is 0. The van der Waals surface area contributed by atoms with E-state index >= 15 is 0 Å². The molecule has 0 radical (unpaired) electrons. The molecular formula is C4H4F4. The van der Waals surface area contributed by atoms with Crippen LogP contribution in [0.4, 0.5) is 17.6 Å². The molecule has 1 atom stereocenters. The number of rotatable bonds is 2. The van der Waals surface area contributed by atoms with Crippen molar-refractivity contribution in [1.29, 1.82) is 0 Å². The lowest BCUT2D eigenvalue weighted by atomic mass is 10.4. The largest absolute Gasteiger partial charge is 0.269 e. The van der Waals surface area contributed by atoms with Crippen molar-refractivity contribution >= 4 is 0 Å². The number of halogens is 4. The molecule has 0 heterocycles. The minimum absolute atomic E-state index is 0.0694. The molecule has 0 spiro atoms. The minimum Gasteiger partial charge on any atom is -0.248 e. The van der Waals surface area contributed by atoms with Crippen LogP contribution in [0.5, 0.6) is 0 Å². The first kappa shape index (κ1) is 7.46. The quantitative estimate of drug-likeness (QED) is 0.499. The Morgan fingerprint density at radius 1 is 1.50 bits per heavy atom. The second-order valence-electron chi connectivity index (χ2n) is 1.13. The van der Waals surface area contributed by atoms with E-state index in [9.17, 15) is 17.6 Å². The van der Waals surface area contributed by atoms with E-state index in [4.69, 9.17) is 0 Å². The van der Waals surface area contributed by atoms with Crippen molar-refractivity contribution in [3.8, 4) is 0 Å². The number of alkyl halides is 2. The molecule has 0 bridgehead atoms. The lowest BCUT2D eigenvalue weighted by Crippen LogP contribution is -1.96. The van der Waals surface area contributed by atoms with Gasteiger partial charge >= 0.3 is 0 Å². The molecule has 0 amide bonds. The SMILES string of the molecule is FCC(F)C=C(F)F. The Bertz CT molecular complexity index is 84.0. The van der Waals surface area contributed by atoms with E-state index in [1.165, 1.54) is 0 Å². The van der Waals surface area contributed by atoms with Gasteiger partial charge in [0, 0.05) is 6.08 Å². The normalized spacial score (nSPS) is 13.0. The Kier molecular flexibility index (Phi) is 3.23. The Morgan fingerprint density at radius 3 is 2.12 bits per heavy atom. The summed E-state index contributed by atoms with van der Waals surface area (Å²) in [7, 11) is 0. The van der Waals surface area contributed by atoms with Crippen LogP contribution in [0.25, 0.3) is 0 Å². The maximum Gasteiger partial charge on any atom is 0.269 e. The number of allylic oxidation sites excluding steroid dienone is 1. The molecular weight excluding hydrogens is 124 g/mol. The molecule has 0 saturated carbocycles. The van der Waals surface area contributed by atoms with Gasteiger partial charge in [0.25, 0.3) is 6.08 Å². The molecule has 0 aromatic heterocycles. The molecule has 0 fully saturated rings. The third-order valence-electron chi connectivity index (χ3n) is 0.454. The summed E-state index contributed by atoms with van der Waals surface area (Å²) in [5, 5.41) is 0. The lowest BCUT2D eigenvalue weighted by Gasteiger charge is -1.88. The molecule has 0 N–H and O–H groups in total. The van der Waals surface area contributed by atoms with E-state index in [0.29, 0.717) is 0 Å². The Hall–Kier alpha value is -0.540. The molecule has 0 aromatic rings. The van der Waals surface area contributed by atoms with E-state index in [1.807, 2.05) is 0 Å². The average molecular weight is 128 g/mol. The molecule has 0 aliphatic rings. The first-order valence-corrected chi connectivity index (χ1v) is 1.89. The first-order valence-electron chi connectivity index (χ1n) is 1.89. The fourth-order valence-electron chi connectivity index (χ4n) is 0.181. The van der Waals surface area contributed by atoms with Gasteiger partial charge in [-0.05, 0) is 0 Å². The van der Waals surface area contributed by atoms with Gasteiger partial charge < -0.3 is 0 Å². The summed E-state index contributed by atoms with van der Waals surface area (Å²) in [4.78, 5) is 0. The highest BCUT2D eigenvalue weighted by Gasteiger charge is 2.01. The van der Waals surface area contributed by atoms with E-state index in [-0.39, 0.29) is 6.08 Å². The highest BCUT2D eigenvalue weighted by Crippen LogP contribution is 2.02.